The van der Waals surface area contributed by atoms with Gasteiger partial charge in [0.25, 0.3) is 0 Å². The lowest BCUT2D eigenvalue weighted by molar-refractivity contribution is -0.131. The van der Waals surface area contributed by atoms with Gasteiger partial charge < -0.3 is 19.1 Å². The Bertz CT molecular complexity index is 839. The molecule has 1 amide bonds. The van der Waals surface area contributed by atoms with E-state index in [-0.39, 0.29) is 11.9 Å². The molecule has 29 heavy (non-hydrogen) atoms. The molecule has 0 spiro atoms. The Morgan fingerprint density at radius 1 is 1.07 bits per heavy atom. The third kappa shape index (κ3) is 5.01. The van der Waals surface area contributed by atoms with E-state index >= 15 is 0 Å². The van der Waals surface area contributed by atoms with Gasteiger partial charge >= 0.3 is 0 Å². The maximum absolute atomic E-state index is 12.9. The van der Waals surface area contributed by atoms with E-state index in [1.54, 1.807) is 26.2 Å². The van der Waals surface area contributed by atoms with Crippen molar-refractivity contribution in [3.8, 4) is 17.2 Å². The number of carbonyl (C=O) groups is 1. The number of methoxy groups -OCH3 is 3. The van der Waals surface area contributed by atoms with Crippen LogP contribution in [0.3, 0.4) is 0 Å². The van der Waals surface area contributed by atoms with Gasteiger partial charge in [0.1, 0.15) is 5.75 Å². The molecule has 1 aliphatic rings. The smallest absolute Gasteiger partial charge is 0.236 e. The van der Waals surface area contributed by atoms with Crippen LogP contribution < -0.4 is 14.2 Å². The first-order valence-electron chi connectivity index (χ1n) is 9.88. The zero-order chi connectivity index (χ0) is 20.8. The fourth-order valence-electron chi connectivity index (χ4n) is 3.88. The minimum atomic E-state index is 0.106. The van der Waals surface area contributed by atoms with Gasteiger partial charge in [0, 0.05) is 19.6 Å². The van der Waals surface area contributed by atoms with E-state index in [9.17, 15) is 4.79 Å². The van der Waals surface area contributed by atoms with Crippen molar-refractivity contribution in [2.45, 2.75) is 25.4 Å². The Kier molecular flexibility index (Phi) is 6.99. The van der Waals surface area contributed by atoms with Crippen molar-refractivity contribution in [2.24, 2.45) is 0 Å². The van der Waals surface area contributed by atoms with Crippen LogP contribution in [-0.2, 0) is 11.3 Å². The largest absolute Gasteiger partial charge is 0.497 e. The summed E-state index contributed by atoms with van der Waals surface area (Å²) < 4.78 is 16.0. The fraction of sp³-hybridized carbons (Fsp3) is 0.435. The number of carbonyl (C=O) groups excluding carboxylic acids is 1. The highest BCUT2D eigenvalue weighted by atomic mass is 16.5. The molecule has 1 heterocycles. The summed E-state index contributed by atoms with van der Waals surface area (Å²) in [6.45, 7) is 1.86. The van der Waals surface area contributed by atoms with Crippen molar-refractivity contribution >= 4 is 5.91 Å². The van der Waals surface area contributed by atoms with Gasteiger partial charge in [-0.15, -0.1) is 0 Å². The van der Waals surface area contributed by atoms with Crippen molar-refractivity contribution < 1.29 is 19.0 Å². The van der Waals surface area contributed by atoms with Crippen LogP contribution in [0, 0.1) is 0 Å². The predicted octanol–water partition coefficient (Wildman–Crippen LogP) is 3.51. The fourth-order valence-corrected chi connectivity index (χ4v) is 3.88. The van der Waals surface area contributed by atoms with Crippen molar-refractivity contribution in [3.05, 3.63) is 53.6 Å². The van der Waals surface area contributed by atoms with Crippen molar-refractivity contribution in [3.63, 3.8) is 0 Å². The Hall–Kier alpha value is -2.73. The summed E-state index contributed by atoms with van der Waals surface area (Å²) in [4.78, 5) is 16.9. The quantitative estimate of drug-likeness (QED) is 0.681. The van der Waals surface area contributed by atoms with E-state index in [1.807, 2.05) is 37.4 Å². The molecule has 6 heteroatoms. The summed E-state index contributed by atoms with van der Waals surface area (Å²) in [6, 6.07) is 14.1. The average molecular weight is 399 g/mol. The van der Waals surface area contributed by atoms with E-state index in [0.717, 1.165) is 30.7 Å². The number of likely N-dealkylation sites (N-methyl/N-ethyl adjacent to an activating group) is 1. The zero-order valence-electron chi connectivity index (χ0n) is 17.7. The Balaban J connectivity index is 1.64. The third-order valence-corrected chi connectivity index (χ3v) is 5.47. The van der Waals surface area contributed by atoms with Crippen LogP contribution in [0.5, 0.6) is 17.2 Å². The molecule has 1 aliphatic heterocycles. The summed E-state index contributed by atoms with van der Waals surface area (Å²) in [7, 11) is 6.75. The molecule has 156 valence electrons. The molecule has 1 unspecified atom stereocenters. The number of ether oxygens (including phenoxy) is 3. The van der Waals surface area contributed by atoms with Gasteiger partial charge in [-0.3, -0.25) is 9.69 Å². The van der Waals surface area contributed by atoms with E-state index in [0.29, 0.717) is 24.6 Å². The highest BCUT2D eigenvalue weighted by Crippen LogP contribution is 2.33. The highest BCUT2D eigenvalue weighted by molar-refractivity contribution is 5.78. The number of rotatable bonds is 8. The van der Waals surface area contributed by atoms with Gasteiger partial charge in [0.15, 0.2) is 11.5 Å². The second-order valence-corrected chi connectivity index (χ2v) is 7.34. The predicted molar refractivity (Wildman–Crippen MR) is 113 cm³/mol. The summed E-state index contributed by atoms with van der Waals surface area (Å²) in [5.74, 6) is 2.31. The lowest BCUT2D eigenvalue weighted by atomic mass is 10.0. The standard InChI is InChI=1S/C23H30N2O4/c1-24(15-17-10-11-21(28-3)22(13-17)29-4)23(26)16-25-12-6-9-20(25)18-7-5-8-19(14-18)27-2/h5,7-8,10-11,13-14,20H,6,9,12,15-16H2,1-4H3. The molecule has 0 N–H and O–H groups in total. The lowest BCUT2D eigenvalue weighted by Crippen LogP contribution is -2.37. The van der Waals surface area contributed by atoms with Gasteiger partial charge in [-0.1, -0.05) is 18.2 Å². The number of hydrogen-bond acceptors (Lipinski definition) is 5. The molecule has 3 rings (SSSR count). The van der Waals surface area contributed by atoms with Gasteiger partial charge in [-0.05, 0) is 54.8 Å². The molecular formula is C23H30N2O4. The second kappa shape index (κ2) is 9.65. The highest BCUT2D eigenvalue weighted by Gasteiger charge is 2.28. The molecule has 0 saturated carbocycles. The van der Waals surface area contributed by atoms with E-state index in [1.165, 1.54) is 5.56 Å². The molecule has 1 atom stereocenters. The van der Waals surface area contributed by atoms with Gasteiger partial charge in [0.05, 0.1) is 27.9 Å². The first-order chi connectivity index (χ1) is 14.0. The topological polar surface area (TPSA) is 51.2 Å². The number of benzene rings is 2. The maximum atomic E-state index is 12.9. The van der Waals surface area contributed by atoms with Crippen LogP contribution in [-0.4, -0.2) is 57.2 Å². The molecule has 6 nitrogen and oxygen atoms in total. The molecule has 1 fully saturated rings. The average Bonchev–Trinajstić information content (AvgIpc) is 3.21. The Labute approximate surface area is 173 Å². The Morgan fingerprint density at radius 2 is 1.86 bits per heavy atom. The number of hydrogen-bond donors (Lipinski definition) is 0. The summed E-state index contributed by atoms with van der Waals surface area (Å²) in [5, 5.41) is 0. The first-order valence-corrected chi connectivity index (χ1v) is 9.88. The summed E-state index contributed by atoms with van der Waals surface area (Å²) >= 11 is 0. The molecule has 0 aliphatic carbocycles. The van der Waals surface area contributed by atoms with Gasteiger partial charge in [0.2, 0.25) is 5.91 Å². The molecule has 0 aromatic heterocycles. The molecule has 1 saturated heterocycles. The van der Waals surface area contributed by atoms with Crippen LogP contribution in [0.25, 0.3) is 0 Å². The summed E-state index contributed by atoms with van der Waals surface area (Å²) in [5.41, 5.74) is 2.21. The van der Waals surface area contributed by atoms with Crippen LogP contribution >= 0.6 is 0 Å². The van der Waals surface area contributed by atoms with Crippen molar-refractivity contribution in [2.75, 3.05) is 41.5 Å². The van der Waals surface area contributed by atoms with Crippen LogP contribution in [0.4, 0.5) is 0 Å². The molecule has 2 aromatic carbocycles. The SMILES string of the molecule is COc1cccc(C2CCCN2CC(=O)N(C)Cc2ccc(OC)c(OC)c2)c1. The number of nitrogens with zero attached hydrogens (tertiary/aromatic N) is 2. The Morgan fingerprint density at radius 3 is 2.59 bits per heavy atom. The number of amides is 1. The molecule has 2 aromatic rings. The monoisotopic (exact) mass is 398 g/mol. The lowest BCUT2D eigenvalue weighted by Gasteiger charge is -2.27. The van der Waals surface area contributed by atoms with Crippen molar-refractivity contribution in [1.29, 1.82) is 0 Å². The number of likely N-dealkylation sites (tertiary alicyclic amines) is 1. The van der Waals surface area contributed by atoms with E-state index in [2.05, 4.69) is 17.0 Å². The summed E-state index contributed by atoms with van der Waals surface area (Å²) in [6.07, 6.45) is 2.15. The van der Waals surface area contributed by atoms with Crippen LogP contribution in [0.15, 0.2) is 42.5 Å². The normalized spacial score (nSPS) is 16.5. The maximum Gasteiger partial charge on any atom is 0.236 e. The van der Waals surface area contributed by atoms with Gasteiger partial charge in [-0.25, -0.2) is 0 Å². The van der Waals surface area contributed by atoms with Crippen LogP contribution in [0.2, 0.25) is 0 Å². The van der Waals surface area contributed by atoms with E-state index in [4.69, 9.17) is 14.2 Å². The molecule has 0 radical (unpaired) electrons. The first kappa shape index (κ1) is 21.0. The van der Waals surface area contributed by atoms with Gasteiger partial charge in [-0.2, -0.15) is 0 Å². The zero-order valence-corrected chi connectivity index (χ0v) is 17.7. The minimum absolute atomic E-state index is 0.106. The second-order valence-electron chi connectivity index (χ2n) is 7.34. The molecular weight excluding hydrogens is 368 g/mol. The third-order valence-electron chi connectivity index (χ3n) is 5.47. The van der Waals surface area contributed by atoms with Crippen LogP contribution in [0.1, 0.15) is 30.0 Å². The minimum Gasteiger partial charge on any atom is -0.497 e. The van der Waals surface area contributed by atoms with Crippen molar-refractivity contribution in [1.82, 2.24) is 9.80 Å². The van der Waals surface area contributed by atoms with E-state index < -0.39 is 0 Å². The molecule has 0 bridgehead atoms.